The Morgan fingerprint density at radius 2 is 2.05 bits per heavy atom. The molecule has 20 heavy (non-hydrogen) atoms. The molecule has 0 saturated heterocycles. The fourth-order valence-electron chi connectivity index (χ4n) is 1.77. The van der Waals surface area contributed by atoms with Gasteiger partial charge in [0.1, 0.15) is 17.1 Å². The first-order valence-corrected chi connectivity index (χ1v) is 6.39. The summed E-state index contributed by atoms with van der Waals surface area (Å²) in [7, 11) is 0. The van der Waals surface area contributed by atoms with Gasteiger partial charge in [0, 0.05) is 13.0 Å². The number of phenolic OH excluding ortho intramolecular Hbond substituents is 1. The molecule has 0 aliphatic rings. The molecule has 1 atom stereocenters. The van der Waals surface area contributed by atoms with Crippen LogP contribution in [0.5, 0.6) is 5.75 Å². The van der Waals surface area contributed by atoms with Crippen LogP contribution < -0.4 is 5.32 Å². The quantitative estimate of drug-likeness (QED) is 0.715. The number of halogens is 1. The van der Waals surface area contributed by atoms with Crippen molar-refractivity contribution in [3.8, 4) is 5.75 Å². The summed E-state index contributed by atoms with van der Waals surface area (Å²) in [6.07, 6.45) is 1.20. The highest BCUT2D eigenvalue weighted by atomic mass is 19.1. The lowest BCUT2D eigenvalue weighted by Gasteiger charge is -2.11. The van der Waals surface area contributed by atoms with Gasteiger partial charge >= 0.3 is 5.97 Å². The second-order valence-corrected chi connectivity index (χ2v) is 4.72. The van der Waals surface area contributed by atoms with Crippen LogP contribution in [0, 0.1) is 11.7 Å². The maximum absolute atomic E-state index is 13.4. The van der Waals surface area contributed by atoms with Crippen molar-refractivity contribution in [1.29, 1.82) is 0 Å². The zero-order valence-electron chi connectivity index (χ0n) is 11.2. The Bertz CT molecular complexity index is 470. The SMILES string of the molecule is CC(CCNC(=O)c1c(O)cccc1F)CCC(=O)O. The first-order chi connectivity index (χ1) is 9.41. The molecule has 0 aliphatic heterocycles. The highest BCUT2D eigenvalue weighted by Gasteiger charge is 2.16. The number of carbonyl (C=O) groups excluding carboxylic acids is 1. The minimum Gasteiger partial charge on any atom is -0.507 e. The maximum Gasteiger partial charge on any atom is 0.303 e. The number of benzene rings is 1. The van der Waals surface area contributed by atoms with Gasteiger partial charge in [-0.2, -0.15) is 0 Å². The molecule has 1 aromatic carbocycles. The second-order valence-electron chi connectivity index (χ2n) is 4.72. The smallest absolute Gasteiger partial charge is 0.303 e. The Morgan fingerprint density at radius 3 is 2.65 bits per heavy atom. The molecule has 1 aromatic rings. The van der Waals surface area contributed by atoms with E-state index in [1.807, 2.05) is 6.92 Å². The van der Waals surface area contributed by atoms with Gasteiger partial charge in [0.25, 0.3) is 5.91 Å². The molecule has 0 radical (unpaired) electrons. The van der Waals surface area contributed by atoms with Crippen LogP contribution in [0.1, 0.15) is 36.5 Å². The van der Waals surface area contributed by atoms with Gasteiger partial charge in [-0.1, -0.05) is 13.0 Å². The topological polar surface area (TPSA) is 86.6 Å². The highest BCUT2D eigenvalue weighted by Crippen LogP contribution is 2.19. The van der Waals surface area contributed by atoms with Crippen molar-refractivity contribution in [3.63, 3.8) is 0 Å². The van der Waals surface area contributed by atoms with Crippen molar-refractivity contribution < 1.29 is 24.2 Å². The molecular weight excluding hydrogens is 265 g/mol. The third kappa shape index (κ3) is 4.87. The molecule has 3 N–H and O–H groups in total. The predicted octanol–water partition coefficient (Wildman–Crippen LogP) is 2.15. The van der Waals surface area contributed by atoms with Gasteiger partial charge in [-0.15, -0.1) is 0 Å². The highest BCUT2D eigenvalue weighted by molar-refractivity contribution is 5.97. The van der Waals surface area contributed by atoms with Crippen LogP contribution in [0.3, 0.4) is 0 Å². The van der Waals surface area contributed by atoms with Crippen LogP contribution >= 0.6 is 0 Å². The molecule has 0 aliphatic carbocycles. The van der Waals surface area contributed by atoms with Crippen LogP contribution in [0.4, 0.5) is 4.39 Å². The Morgan fingerprint density at radius 1 is 1.35 bits per heavy atom. The zero-order chi connectivity index (χ0) is 15.1. The molecule has 6 heteroatoms. The first kappa shape index (κ1) is 15.9. The van der Waals surface area contributed by atoms with Crippen molar-refractivity contribution in [2.45, 2.75) is 26.2 Å². The molecule has 0 fully saturated rings. The predicted molar refractivity (Wildman–Crippen MR) is 71.0 cm³/mol. The zero-order valence-corrected chi connectivity index (χ0v) is 11.2. The van der Waals surface area contributed by atoms with E-state index in [4.69, 9.17) is 5.11 Å². The summed E-state index contributed by atoms with van der Waals surface area (Å²) >= 11 is 0. The van der Waals surface area contributed by atoms with Crippen LogP contribution in [0.15, 0.2) is 18.2 Å². The molecule has 0 spiro atoms. The average molecular weight is 283 g/mol. The summed E-state index contributed by atoms with van der Waals surface area (Å²) < 4.78 is 13.4. The third-order valence-electron chi connectivity index (χ3n) is 2.99. The molecule has 0 heterocycles. The molecule has 0 saturated carbocycles. The summed E-state index contributed by atoms with van der Waals surface area (Å²) in [5.41, 5.74) is -0.370. The van der Waals surface area contributed by atoms with Crippen molar-refractivity contribution >= 4 is 11.9 Å². The number of aromatic hydroxyl groups is 1. The molecule has 0 aromatic heterocycles. The summed E-state index contributed by atoms with van der Waals surface area (Å²) in [4.78, 5) is 22.1. The summed E-state index contributed by atoms with van der Waals surface area (Å²) in [6.45, 7) is 2.18. The van der Waals surface area contributed by atoms with Crippen LogP contribution in [-0.4, -0.2) is 28.6 Å². The molecule has 110 valence electrons. The van der Waals surface area contributed by atoms with Crippen molar-refractivity contribution in [2.24, 2.45) is 5.92 Å². The molecule has 0 bridgehead atoms. The Kier molecular flexibility index (Phi) is 5.96. The number of hydrogen-bond acceptors (Lipinski definition) is 3. The standard InChI is InChI=1S/C14H18FNO4/c1-9(5-6-12(18)19)7-8-16-14(20)13-10(15)3-2-4-11(13)17/h2-4,9,17H,5-8H2,1H3,(H,16,20)(H,18,19). The van der Waals surface area contributed by atoms with E-state index in [9.17, 15) is 19.1 Å². The number of aliphatic carboxylic acids is 1. The lowest BCUT2D eigenvalue weighted by molar-refractivity contribution is -0.137. The maximum atomic E-state index is 13.4. The summed E-state index contributed by atoms with van der Waals surface area (Å²) in [5.74, 6) is -2.56. The lowest BCUT2D eigenvalue weighted by atomic mass is 10.0. The molecular formula is C14H18FNO4. The third-order valence-corrected chi connectivity index (χ3v) is 2.99. The van der Waals surface area contributed by atoms with E-state index in [2.05, 4.69) is 5.32 Å². The monoisotopic (exact) mass is 283 g/mol. The van der Waals surface area contributed by atoms with E-state index in [1.54, 1.807) is 0 Å². The molecule has 1 amide bonds. The number of amides is 1. The second kappa shape index (κ2) is 7.47. The van der Waals surface area contributed by atoms with E-state index in [1.165, 1.54) is 12.1 Å². The largest absolute Gasteiger partial charge is 0.507 e. The number of carbonyl (C=O) groups is 2. The van der Waals surface area contributed by atoms with E-state index >= 15 is 0 Å². The van der Waals surface area contributed by atoms with Crippen molar-refractivity contribution in [2.75, 3.05) is 6.54 Å². The van der Waals surface area contributed by atoms with Gasteiger partial charge in [0.2, 0.25) is 0 Å². The van der Waals surface area contributed by atoms with Gasteiger partial charge in [0.05, 0.1) is 0 Å². The van der Waals surface area contributed by atoms with Gasteiger partial charge in [-0.05, 0) is 30.9 Å². The number of nitrogens with one attached hydrogen (secondary N) is 1. The number of carboxylic acid groups (broad SMARTS) is 1. The Balaban J connectivity index is 2.42. The normalized spacial score (nSPS) is 11.9. The summed E-state index contributed by atoms with van der Waals surface area (Å²) in [5, 5.41) is 20.5. The minimum absolute atomic E-state index is 0.0865. The van der Waals surface area contributed by atoms with Gasteiger partial charge < -0.3 is 15.5 Å². The lowest BCUT2D eigenvalue weighted by Crippen LogP contribution is -2.26. The average Bonchev–Trinajstić information content (AvgIpc) is 2.36. The molecule has 1 rings (SSSR count). The fraction of sp³-hybridized carbons (Fsp3) is 0.429. The number of phenols is 1. The Hall–Kier alpha value is -2.11. The fourth-order valence-corrected chi connectivity index (χ4v) is 1.77. The minimum atomic E-state index is -0.850. The summed E-state index contributed by atoms with van der Waals surface area (Å²) in [6, 6.07) is 3.66. The molecule has 1 unspecified atom stereocenters. The van der Waals surface area contributed by atoms with Crippen LogP contribution in [0.25, 0.3) is 0 Å². The van der Waals surface area contributed by atoms with Crippen molar-refractivity contribution in [1.82, 2.24) is 5.32 Å². The van der Waals surface area contributed by atoms with E-state index in [0.717, 1.165) is 6.07 Å². The van der Waals surface area contributed by atoms with Gasteiger partial charge in [-0.25, -0.2) is 4.39 Å². The number of carboxylic acids is 1. The van der Waals surface area contributed by atoms with E-state index < -0.39 is 23.4 Å². The van der Waals surface area contributed by atoms with Crippen LogP contribution in [-0.2, 0) is 4.79 Å². The van der Waals surface area contributed by atoms with E-state index in [0.29, 0.717) is 19.4 Å². The van der Waals surface area contributed by atoms with Gasteiger partial charge in [0.15, 0.2) is 0 Å². The van der Waals surface area contributed by atoms with E-state index in [-0.39, 0.29) is 17.9 Å². The van der Waals surface area contributed by atoms with Gasteiger partial charge in [-0.3, -0.25) is 9.59 Å². The molecule has 5 nitrogen and oxygen atoms in total. The first-order valence-electron chi connectivity index (χ1n) is 6.39. The van der Waals surface area contributed by atoms with Crippen LogP contribution in [0.2, 0.25) is 0 Å². The Labute approximate surface area is 116 Å². The van der Waals surface area contributed by atoms with Crippen molar-refractivity contribution in [3.05, 3.63) is 29.6 Å². The number of hydrogen-bond donors (Lipinski definition) is 3. The number of rotatable bonds is 7.